The highest BCUT2D eigenvalue weighted by molar-refractivity contribution is 5.27. The maximum absolute atomic E-state index is 10.2. The summed E-state index contributed by atoms with van der Waals surface area (Å²) in [6, 6.07) is 8.16. The van der Waals surface area contributed by atoms with E-state index in [0.717, 1.165) is 24.8 Å². The molecule has 0 unspecified atom stereocenters. The minimum absolute atomic E-state index is 0.160. The zero-order chi connectivity index (χ0) is 15.9. The molecule has 1 saturated carbocycles. The van der Waals surface area contributed by atoms with Crippen LogP contribution in [0.4, 0.5) is 0 Å². The van der Waals surface area contributed by atoms with Crippen molar-refractivity contribution in [1.29, 1.82) is 0 Å². The van der Waals surface area contributed by atoms with E-state index in [2.05, 4.69) is 17.0 Å². The van der Waals surface area contributed by atoms with Crippen LogP contribution in [0.2, 0.25) is 0 Å². The molecule has 1 atom stereocenters. The smallest absolute Gasteiger partial charge is 0.118 e. The van der Waals surface area contributed by atoms with Gasteiger partial charge in [0.15, 0.2) is 0 Å². The van der Waals surface area contributed by atoms with E-state index >= 15 is 0 Å². The van der Waals surface area contributed by atoms with Crippen molar-refractivity contribution in [2.75, 3.05) is 26.8 Å². The molecule has 2 rings (SSSR count). The van der Waals surface area contributed by atoms with E-state index in [-0.39, 0.29) is 6.10 Å². The predicted molar refractivity (Wildman–Crippen MR) is 88.1 cm³/mol. The van der Waals surface area contributed by atoms with Crippen LogP contribution < -0.4 is 4.74 Å². The van der Waals surface area contributed by atoms with Gasteiger partial charge in [0, 0.05) is 19.6 Å². The first kappa shape index (κ1) is 17.3. The van der Waals surface area contributed by atoms with Gasteiger partial charge in [-0.25, -0.2) is 0 Å². The van der Waals surface area contributed by atoms with Gasteiger partial charge in [0.1, 0.15) is 5.75 Å². The number of rotatable bonds is 10. The van der Waals surface area contributed by atoms with E-state index in [0.29, 0.717) is 13.2 Å². The Morgan fingerprint density at radius 3 is 2.45 bits per heavy atom. The van der Waals surface area contributed by atoms with Crippen molar-refractivity contribution >= 4 is 0 Å². The maximum atomic E-state index is 10.2. The number of aliphatic hydroxyl groups excluding tert-OH is 1. The normalized spacial score (nSPS) is 16.3. The molecular weight excluding hydrogens is 278 g/mol. The summed E-state index contributed by atoms with van der Waals surface area (Å²) in [4.78, 5) is 2.34. The van der Waals surface area contributed by atoms with E-state index in [4.69, 9.17) is 9.47 Å². The molecule has 1 N–H and O–H groups in total. The lowest BCUT2D eigenvalue weighted by atomic mass is 10.2. The molecule has 1 aliphatic carbocycles. The molecule has 0 spiro atoms. The summed E-state index contributed by atoms with van der Waals surface area (Å²) < 4.78 is 10.7. The van der Waals surface area contributed by atoms with Crippen molar-refractivity contribution in [3.8, 4) is 5.75 Å². The Kier molecular flexibility index (Phi) is 6.68. The highest BCUT2D eigenvalue weighted by Gasteiger charge is 2.25. The van der Waals surface area contributed by atoms with E-state index in [9.17, 15) is 5.11 Å². The lowest BCUT2D eigenvalue weighted by Crippen LogP contribution is -2.36. The molecule has 1 aliphatic rings. The van der Waals surface area contributed by atoms with Gasteiger partial charge in [-0.1, -0.05) is 12.1 Å². The number of benzene rings is 1. The molecule has 0 radical (unpaired) electrons. The van der Waals surface area contributed by atoms with Gasteiger partial charge in [-0.05, 0) is 50.3 Å². The molecule has 124 valence electrons. The highest BCUT2D eigenvalue weighted by atomic mass is 16.5. The largest absolute Gasteiger partial charge is 0.497 e. The molecule has 0 saturated heterocycles. The maximum Gasteiger partial charge on any atom is 0.118 e. The fourth-order valence-corrected chi connectivity index (χ4v) is 2.51. The van der Waals surface area contributed by atoms with Crippen molar-refractivity contribution in [3.05, 3.63) is 29.8 Å². The van der Waals surface area contributed by atoms with Crippen LogP contribution in [0.1, 0.15) is 32.3 Å². The molecule has 0 aromatic heterocycles. The van der Waals surface area contributed by atoms with Crippen molar-refractivity contribution in [1.82, 2.24) is 4.90 Å². The Morgan fingerprint density at radius 1 is 1.23 bits per heavy atom. The Balaban J connectivity index is 1.87. The third-order valence-corrected chi connectivity index (χ3v) is 3.87. The summed E-state index contributed by atoms with van der Waals surface area (Å²) in [5.41, 5.74) is 1.25. The van der Waals surface area contributed by atoms with Crippen LogP contribution in [0.3, 0.4) is 0 Å². The fraction of sp³-hybridized carbons (Fsp3) is 0.667. The van der Waals surface area contributed by atoms with Gasteiger partial charge in [0.05, 0.1) is 25.9 Å². The molecule has 4 heteroatoms. The van der Waals surface area contributed by atoms with Crippen molar-refractivity contribution in [2.24, 2.45) is 5.92 Å². The standard InChI is InChI=1S/C18H29NO3/c1-14(2)22-13-17(20)12-19(10-15-4-5-15)11-16-6-8-18(21-3)9-7-16/h6-9,14-15,17,20H,4-5,10-13H2,1-3H3/t17-/m0/s1. The summed E-state index contributed by atoms with van der Waals surface area (Å²) in [5.74, 6) is 1.68. The molecular formula is C18H29NO3. The first-order chi connectivity index (χ1) is 10.6. The molecule has 22 heavy (non-hydrogen) atoms. The Bertz CT molecular complexity index is 428. The minimum Gasteiger partial charge on any atom is -0.497 e. The minimum atomic E-state index is -0.431. The molecule has 1 aromatic carbocycles. The van der Waals surface area contributed by atoms with Crippen molar-refractivity contribution in [2.45, 2.75) is 45.4 Å². The predicted octanol–water partition coefficient (Wildman–Crippen LogP) is 2.69. The van der Waals surface area contributed by atoms with Crippen LogP contribution in [0.5, 0.6) is 5.75 Å². The van der Waals surface area contributed by atoms with E-state index in [1.165, 1.54) is 18.4 Å². The van der Waals surface area contributed by atoms with Gasteiger partial charge >= 0.3 is 0 Å². The zero-order valence-corrected chi connectivity index (χ0v) is 14.0. The van der Waals surface area contributed by atoms with E-state index < -0.39 is 6.10 Å². The van der Waals surface area contributed by atoms with Crippen LogP contribution in [0.25, 0.3) is 0 Å². The second-order valence-electron chi connectivity index (χ2n) is 6.52. The first-order valence-electron chi connectivity index (χ1n) is 8.21. The quantitative estimate of drug-likeness (QED) is 0.721. The summed E-state index contributed by atoms with van der Waals surface area (Å²) >= 11 is 0. The Hall–Kier alpha value is -1.10. The Labute approximate surface area is 134 Å². The monoisotopic (exact) mass is 307 g/mol. The second-order valence-corrected chi connectivity index (χ2v) is 6.52. The number of nitrogens with zero attached hydrogens (tertiary/aromatic N) is 1. The number of methoxy groups -OCH3 is 1. The number of aliphatic hydroxyl groups is 1. The van der Waals surface area contributed by atoms with Gasteiger partial charge in [-0.3, -0.25) is 4.90 Å². The van der Waals surface area contributed by atoms with Gasteiger partial charge in [0.2, 0.25) is 0 Å². The number of hydrogen-bond donors (Lipinski definition) is 1. The third kappa shape index (κ3) is 6.34. The molecule has 0 heterocycles. The molecule has 4 nitrogen and oxygen atoms in total. The molecule has 1 fully saturated rings. The number of hydrogen-bond acceptors (Lipinski definition) is 4. The first-order valence-corrected chi connectivity index (χ1v) is 8.21. The average Bonchev–Trinajstić information content (AvgIpc) is 3.30. The van der Waals surface area contributed by atoms with Gasteiger partial charge in [0.25, 0.3) is 0 Å². The third-order valence-electron chi connectivity index (χ3n) is 3.87. The topological polar surface area (TPSA) is 41.9 Å². The fourth-order valence-electron chi connectivity index (χ4n) is 2.51. The van der Waals surface area contributed by atoms with Gasteiger partial charge in [-0.15, -0.1) is 0 Å². The molecule has 0 bridgehead atoms. The van der Waals surface area contributed by atoms with Crippen LogP contribution >= 0.6 is 0 Å². The van der Waals surface area contributed by atoms with Gasteiger partial charge in [-0.2, -0.15) is 0 Å². The SMILES string of the molecule is COc1ccc(CN(CC2CC2)C[C@H](O)COC(C)C)cc1. The second kappa shape index (κ2) is 8.51. The molecule has 0 aliphatic heterocycles. The van der Waals surface area contributed by atoms with Crippen LogP contribution in [-0.2, 0) is 11.3 Å². The average molecular weight is 307 g/mol. The van der Waals surface area contributed by atoms with Crippen LogP contribution in [0.15, 0.2) is 24.3 Å². The lowest BCUT2D eigenvalue weighted by Gasteiger charge is -2.25. The highest BCUT2D eigenvalue weighted by Crippen LogP contribution is 2.30. The van der Waals surface area contributed by atoms with Crippen LogP contribution in [0, 0.1) is 5.92 Å². The van der Waals surface area contributed by atoms with Crippen molar-refractivity contribution < 1.29 is 14.6 Å². The van der Waals surface area contributed by atoms with Crippen molar-refractivity contribution in [3.63, 3.8) is 0 Å². The van der Waals surface area contributed by atoms with Crippen LogP contribution in [-0.4, -0.2) is 49.0 Å². The summed E-state index contributed by atoms with van der Waals surface area (Å²) in [6.45, 7) is 6.97. The lowest BCUT2D eigenvalue weighted by molar-refractivity contribution is -0.0101. The molecule has 0 amide bonds. The summed E-state index contributed by atoms with van der Waals surface area (Å²) in [6.07, 6.45) is 2.36. The molecule has 1 aromatic rings. The number of ether oxygens (including phenoxy) is 2. The zero-order valence-electron chi connectivity index (χ0n) is 14.0. The van der Waals surface area contributed by atoms with E-state index in [1.807, 2.05) is 26.0 Å². The van der Waals surface area contributed by atoms with E-state index in [1.54, 1.807) is 7.11 Å². The summed E-state index contributed by atoms with van der Waals surface area (Å²) in [5, 5.41) is 10.2. The van der Waals surface area contributed by atoms with Gasteiger partial charge < -0.3 is 14.6 Å². The Morgan fingerprint density at radius 2 is 1.91 bits per heavy atom. The summed E-state index contributed by atoms with van der Waals surface area (Å²) in [7, 11) is 1.68.